The molecule has 0 radical (unpaired) electrons. The van der Waals surface area contributed by atoms with Gasteiger partial charge in [-0.2, -0.15) is 0 Å². The molecule has 35 heavy (non-hydrogen) atoms. The van der Waals surface area contributed by atoms with Crippen LogP contribution in [0.1, 0.15) is 10.4 Å². The molecule has 1 saturated heterocycles. The van der Waals surface area contributed by atoms with E-state index in [2.05, 4.69) is 20.3 Å². The Morgan fingerprint density at radius 3 is 2.69 bits per heavy atom. The number of anilines is 3. The molecule has 2 aromatic carbocycles. The topological polar surface area (TPSA) is 52.2 Å². The van der Waals surface area contributed by atoms with Gasteiger partial charge in [-0.15, -0.1) is 11.3 Å². The number of rotatable bonds is 6. The molecule has 0 spiro atoms. The van der Waals surface area contributed by atoms with Crippen molar-refractivity contribution in [1.82, 2.24) is 9.29 Å². The molecule has 3 aromatic rings. The summed E-state index contributed by atoms with van der Waals surface area (Å²) in [6, 6.07) is 13.9. The maximum atomic E-state index is 13.6. The zero-order chi connectivity index (χ0) is 24.4. The molecule has 0 bridgehead atoms. The number of nitrogens with zero attached hydrogens (tertiary/aromatic N) is 5. The summed E-state index contributed by atoms with van der Waals surface area (Å²) in [4.78, 5) is 23.2. The summed E-state index contributed by atoms with van der Waals surface area (Å²) in [7, 11) is 1.97. The van der Waals surface area contributed by atoms with Crippen LogP contribution >= 0.6 is 46.8 Å². The highest BCUT2D eigenvalue weighted by Gasteiger charge is 2.28. The fourth-order valence-electron chi connectivity index (χ4n) is 4.15. The lowest BCUT2D eigenvalue weighted by Crippen LogP contribution is -2.43. The van der Waals surface area contributed by atoms with E-state index in [1.807, 2.05) is 64.3 Å². The third-order valence-corrected chi connectivity index (χ3v) is 9.05. The number of thiazole rings is 1. The molecule has 11 heteroatoms. The van der Waals surface area contributed by atoms with Crippen LogP contribution in [0.2, 0.25) is 5.15 Å². The number of aromatic nitrogens is 1. The first-order valence-corrected chi connectivity index (χ1v) is 14.5. The van der Waals surface area contributed by atoms with Crippen LogP contribution in [0, 0.1) is 0 Å². The summed E-state index contributed by atoms with van der Waals surface area (Å²) in [6.45, 7) is 4.66. The molecule has 3 heterocycles. The number of ether oxygens (including phenoxy) is 1. The first-order chi connectivity index (χ1) is 17.0. The van der Waals surface area contributed by atoms with Gasteiger partial charge >= 0.3 is 0 Å². The predicted octanol–water partition coefficient (Wildman–Crippen LogP) is 5.38. The van der Waals surface area contributed by atoms with E-state index in [4.69, 9.17) is 16.3 Å². The Morgan fingerprint density at radius 1 is 1.14 bits per heavy atom. The SMILES string of the molecule is CSN(C)c1ccccc1C(=O)N1CCOc2cc(SN3CCN(c4nc(Cl)cs4)CC3)ccc21. The van der Waals surface area contributed by atoms with E-state index in [9.17, 15) is 4.79 Å². The quantitative estimate of drug-likeness (QED) is 0.381. The van der Waals surface area contributed by atoms with Crippen LogP contribution in [-0.2, 0) is 0 Å². The van der Waals surface area contributed by atoms with Crippen molar-refractivity contribution in [2.24, 2.45) is 0 Å². The van der Waals surface area contributed by atoms with Crippen LogP contribution in [0.25, 0.3) is 0 Å². The van der Waals surface area contributed by atoms with Crippen molar-refractivity contribution in [3.63, 3.8) is 0 Å². The molecule has 0 aliphatic carbocycles. The number of hydrogen-bond acceptors (Lipinski definition) is 9. The standard InChI is InChI=1S/C24H26ClN5O2S3/c1-27(33-2)19-6-4-3-5-18(19)23(31)30-13-14-32-21-15-17(7-8-20(21)30)35-29-11-9-28(10-12-29)24-26-22(25)16-34-24/h3-8,15-16H,9-14H2,1-2H3. The molecule has 184 valence electrons. The van der Waals surface area contributed by atoms with E-state index in [0.717, 1.165) is 53.3 Å². The van der Waals surface area contributed by atoms with Gasteiger partial charge < -0.3 is 18.8 Å². The number of carbonyl (C=O) groups excluding carboxylic acids is 1. The lowest BCUT2D eigenvalue weighted by atomic mass is 10.1. The maximum Gasteiger partial charge on any atom is 0.260 e. The Hall–Kier alpha value is -2.11. The number of carbonyl (C=O) groups is 1. The van der Waals surface area contributed by atoms with E-state index in [0.29, 0.717) is 23.9 Å². The Balaban J connectivity index is 1.28. The molecule has 5 rings (SSSR count). The smallest absolute Gasteiger partial charge is 0.260 e. The van der Waals surface area contributed by atoms with Gasteiger partial charge in [-0.1, -0.05) is 35.7 Å². The van der Waals surface area contributed by atoms with Gasteiger partial charge in [-0.25, -0.2) is 9.29 Å². The molecule has 1 fully saturated rings. The van der Waals surface area contributed by atoms with E-state index < -0.39 is 0 Å². The third-order valence-electron chi connectivity index (χ3n) is 5.99. The second-order valence-electron chi connectivity index (χ2n) is 8.09. The second kappa shape index (κ2) is 10.9. The van der Waals surface area contributed by atoms with Crippen molar-refractivity contribution >= 4 is 69.2 Å². The zero-order valence-corrected chi connectivity index (χ0v) is 22.7. The monoisotopic (exact) mass is 547 g/mol. The molecule has 1 aromatic heterocycles. The van der Waals surface area contributed by atoms with Gasteiger partial charge in [0.05, 0.1) is 23.5 Å². The van der Waals surface area contributed by atoms with E-state index in [1.54, 1.807) is 35.2 Å². The van der Waals surface area contributed by atoms with E-state index in [1.165, 1.54) is 0 Å². The van der Waals surface area contributed by atoms with Crippen LogP contribution in [-0.4, -0.2) is 67.8 Å². The molecule has 0 unspecified atom stereocenters. The van der Waals surface area contributed by atoms with Crippen molar-refractivity contribution in [3.8, 4) is 5.75 Å². The molecule has 7 nitrogen and oxygen atoms in total. The van der Waals surface area contributed by atoms with Crippen LogP contribution in [0.5, 0.6) is 5.75 Å². The van der Waals surface area contributed by atoms with Gasteiger partial charge in [0.25, 0.3) is 5.91 Å². The largest absolute Gasteiger partial charge is 0.489 e. The zero-order valence-electron chi connectivity index (χ0n) is 19.5. The van der Waals surface area contributed by atoms with Gasteiger partial charge in [0.2, 0.25) is 0 Å². The second-order valence-corrected chi connectivity index (χ2v) is 11.4. The molecule has 1 amide bonds. The van der Waals surface area contributed by atoms with Crippen molar-refractivity contribution in [2.75, 3.05) is 66.7 Å². The van der Waals surface area contributed by atoms with Crippen molar-refractivity contribution in [3.05, 3.63) is 58.6 Å². The van der Waals surface area contributed by atoms with Crippen molar-refractivity contribution in [1.29, 1.82) is 0 Å². The molecular formula is C24H26ClN5O2S3. The number of benzene rings is 2. The summed E-state index contributed by atoms with van der Waals surface area (Å²) in [5, 5.41) is 3.42. The number of amides is 1. The van der Waals surface area contributed by atoms with Crippen LogP contribution in [0.15, 0.2) is 52.7 Å². The number of hydrogen-bond donors (Lipinski definition) is 0. The van der Waals surface area contributed by atoms with Crippen LogP contribution in [0.3, 0.4) is 0 Å². The molecule has 0 saturated carbocycles. The normalized spacial score (nSPS) is 16.1. The van der Waals surface area contributed by atoms with Gasteiger partial charge in [0, 0.05) is 49.8 Å². The minimum atomic E-state index is -0.00938. The Labute approximate surface area is 223 Å². The number of piperazine rings is 1. The van der Waals surface area contributed by atoms with E-state index in [-0.39, 0.29) is 5.91 Å². The summed E-state index contributed by atoms with van der Waals surface area (Å²) in [5.74, 6) is 0.742. The molecule has 0 atom stereocenters. The molecule has 0 N–H and O–H groups in total. The van der Waals surface area contributed by atoms with Gasteiger partial charge in [-0.3, -0.25) is 4.79 Å². The maximum absolute atomic E-state index is 13.6. The number of para-hydroxylation sites is 1. The lowest BCUT2D eigenvalue weighted by Gasteiger charge is -2.34. The molecule has 2 aliphatic heterocycles. The third kappa shape index (κ3) is 5.36. The van der Waals surface area contributed by atoms with Crippen LogP contribution < -0.4 is 18.8 Å². The molecular weight excluding hydrogens is 522 g/mol. The summed E-state index contributed by atoms with van der Waals surface area (Å²) in [6.07, 6.45) is 2.00. The molecule has 2 aliphatic rings. The highest BCUT2D eigenvalue weighted by Crippen LogP contribution is 2.38. The summed E-state index contributed by atoms with van der Waals surface area (Å²) < 4.78 is 10.3. The van der Waals surface area contributed by atoms with Crippen molar-refractivity contribution in [2.45, 2.75) is 4.90 Å². The first-order valence-electron chi connectivity index (χ1n) is 11.3. The average molecular weight is 548 g/mol. The van der Waals surface area contributed by atoms with Crippen LogP contribution in [0.4, 0.5) is 16.5 Å². The minimum Gasteiger partial charge on any atom is -0.489 e. The first kappa shape index (κ1) is 24.6. The summed E-state index contributed by atoms with van der Waals surface area (Å²) >= 11 is 10.9. The predicted molar refractivity (Wildman–Crippen MR) is 149 cm³/mol. The van der Waals surface area contributed by atoms with Gasteiger partial charge in [0.1, 0.15) is 17.5 Å². The Morgan fingerprint density at radius 2 is 1.94 bits per heavy atom. The Bertz CT molecular complexity index is 1200. The Kier molecular flexibility index (Phi) is 7.64. The fourth-order valence-corrected chi connectivity index (χ4v) is 6.44. The van der Waals surface area contributed by atoms with Crippen molar-refractivity contribution < 1.29 is 9.53 Å². The van der Waals surface area contributed by atoms with Gasteiger partial charge in [0.15, 0.2) is 5.13 Å². The summed E-state index contributed by atoms with van der Waals surface area (Å²) in [5.41, 5.74) is 2.41. The fraction of sp³-hybridized carbons (Fsp3) is 0.333. The van der Waals surface area contributed by atoms with E-state index >= 15 is 0 Å². The number of halogens is 1. The average Bonchev–Trinajstić information content (AvgIpc) is 3.34. The highest BCUT2D eigenvalue weighted by atomic mass is 35.5. The number of fused-ring (bicyclic) bond motifs is 1. The highest BCUT2D eigenvalue weighted by molar-refractivity contribution is 7.99. The van der Waals surface area contributed by atoms with Gasteiger partial charge in [-0.05, 0) is 42.3 Å². The minimum absolute atomic E-state index is 0.00938. The lowest BCUT2D eigenvalue weighted by molar-refractivity contribution is 0.0977.